The lowest BCUT2D eigenvalue weighted by atomic mass is 10.0. The Balaban J connectivity index is 2.45. The average Bonchev–Trinajstić information content (AvgIpc) is 2.52. The summed E-state index contributed by atoms with van der Waals surface area (Å²) in [5.41, 5.74) is 1.75. The second-order valence-electron chi connectivity index (χ2n) is 5.19. The molecule has 2 heterocycles. The van der Waals surface area contributed by atoms with Gasteiger partial charge >= 0.3 is 0 Å². The monoisotopic (exact) mass is 239 g/mol. The van der Waals surface area contributed by atoms with E-state index < -0.39 is 0 Å². The minimum Gasteiger partial charge on any atom is -0.391 e. The zero-order chi connectivity index (χ0) is 12.6. The lowest BCUT2D eigenvalue weighted by Gasteiger charge is -2.43. The topological polar surface area (TPSA) is 50.5 Å². The Hall–Kier alpha value is -1.07. The van der Waals surface area contributed by atoms with Gasteiger partial charge in [-0.3, -0.25) is 4.68 Å². The van der Waals surface area contributed by atoms with E-state index in [1.807, 2.05) is 18.7 Å². The SMILES string of the molecule is Cc1nn(C)c(N2CCOCC2(C)C)c1CO. The predicted molar refractivity (Wildman–Crippen MR) is 66.1 cm³/mol. The van der Waals surface area contributed by atoms with Crippen molar-refractivity contribution in [2.75, 3.05) is 24.7 Å². The summed E-state index contributed by atoms with van der Waals surface area (Å²) in [6, 6.07) is 0. The fourth-order valence-corrected chi connectivity index (χ4v) is 2.46. The number of anilines is 1. The van der Waals surface area contributed by atoms with Gasteiger partial charge in [-0.25, -0.2) is 0 Å². The molecular formula is C12H21N3O2. The highest BCUT2D eigenvalue weighted by Crippen LogP contribution is 2.31. The third kappa shape index (κ3) is 2.05. The van der Waals surface area contributed by atoms with Gasteiger partial charge in [0.25, 0.3) is 0 Å². The number of aryl methyl sites for hydroxylation is 2. The van der Waals surface area contributed by atoms with E-state index in [0.717, 1.165) is 30.2 Å². The zero-order valence-corrected chi connectivity index (χ0v) is 11.0. The van der Waals surface area contributed by atoms with Gasteiger partial charge in [0.1, 0.15) is 5.82 Å². The molecule has 0 saturated carbocycles. The molecule has 1 aromatic heterocycles. The van der Waals surface area contributed by atoms with Crippen molar-refractivity contribution in [2.24, 2.45) is 7.05 Å². The molecule has 0 aromatic carbocycles. The number of nitrogens with zero attached hydrogens (tertiary/aromatic N) is 3. The second-order valence-corrected chi connectivity index (χ2v) is 5.19. The molecular weight excluding hydrogens is 218 g/mol. The molecule has 96 valence electrons. The van der Waals surface area contributed by atoms with Crippen LogP contribution in [0.1, 0.15) is 25.1 Å². The maximum atomic E-state index is 9.50. The molecule has 17 heavy (non-hydrogen) atoms. The third-order valence-corrected chi connectivity index (χ3v) is 3.37. The molecule has 1 aromatic rings. The number of ether oxygens (including phenoxy) is 1. The van der Waals surface area contributed by atoms with E-state index in [1.165, 1.54) is 0 Å². The number of aliphatic hydroxyl groups is 1. The van der Waals surface area contributed by atoms with Crippen LogP contribution in [0.25, 0.3) is 0 Å². The van der Waals surface area contributed by atoms with Crippen molar-refractivity contribution in [2.45, 2.75) is 32.9 Å². The van der Waals surface area contributed by atoms with E-state index in [0.29, 0.717) is 6.61 Å². The summed E-state index contributed by atoms with van der Waals surface area (Å²) in [5.74, 6) is 1.01. The van der Waals surface area contributed by atoms with Gasteiger partial charge in [-0.2, -0.15) is 5.10 Å². The highest BCUT2D eigenvalue weighted by atomic mass is 16.5. The smallest absolute Gasteiger partial charge is 0.132 e. The van der Waals surface area contributed by atoms with Gasteiger partial charge in [0.15, 0.2) is 0 Å². The Morgan fingerprint density at radius 3 is 2.76 bits per heavy atom. The molecule has 0 aliphatic carbocycles. The lowest BCUT2D eigenvalue weighted by Crippen LogP contribution is -2.54. The molecule has 1 aliphatic rings. The van der Waals surface area contributed by atoms with Crippen LogP contribution in [0.2, 0.25) is 0 Å². The standard InChI is InChI=1S/C12H21N3O2/c1-9-10(7-16)11(14(4)13-9)15-5-6-17-8-12(15,2)3/h16H,5-8H2,1-4H3. The van der Waals surface area contributed by atoms with Crippen molar-refractivity contribution in [1.82, 2.24) is 9.78 Å². The summed E-state index contributed by atoms with van der Waals surface area (Å²) in [7, 11) is 1.92. The normalized spacial score (nSPS) is 19.7. The number of aliphatic hydroxyl groups excluding tert-OH is 1. The molecule has 0 spiro atoms. The maximum absolute atomic E-state index is 9.50. The van der Waals surface area contributed by atoms with Crippen LogP contribution in [0.3, 0.4) is 0 Å². The van der Waals surface area contributed by atoms with Crippen LogP contribution >= 0.6 is 0 Å². The first kappa shape index (κ1) is 12.4. The van der Waals surface area contributed by atoms with Gasteiger partial charge in [0.2, 0.25) is 0 Å². The van der Waals surface area contributed by atoms with E-state index >= 15 is 0 Å². The van der Waals surface area contributed by atoms with Crippen LogP contribution in [0.15, 0.2) is 0 Å². The van der Waals surface area contributed by atoms with Gasteiger partial charge in [0.05, 0.1) is 31.1 Å². The van der Waals surface area contributed by atoms with Crippen LogP contribution in [-0.2, 0) is 18.4 Å². The summed E-state index contributed by atoms with van der Waals surface area (Å²) in [6.45, 7) is 8.51. The Morgan fingerprint density at radius 2 is 2.18 bits per heavy atom. The van der Waals surface area contributed by atoms with Gasteiger partial charge in [-0.05, 0) is 20.8 Å². The van der Waals surface area contributed by atoms with Crippen LogP contribution in [0, 0.1) is 6.92 Å². The molecule has 2 rings (SSSR count). The molecule has 0 unspecified atom stereocenters. The highest BCUT2D eigenvalue weighted by molar-refractivity contribution is 5.52. The molecule has 5 nitrogen and oxygen atoms in total. The van der Waals surface area contributed by atoms with Crippen LogP contribution in [0.4, 0.5) is 5.82 Å². The molecule has 0 amide bonds. The van der Waals surface area contributed by atoms with E-state index in [1.54, 1.807) is 0 Å². The largest absolute Gasteiger partial charge is 0.391 e. The molecule has 1 fully saturated rings. The van der Waals surface area contributed by atoms with Crippen molar-refractivity contribution in [3.05, 3.63) is 11.3 Å². The molecule has 0 radical (unpaired) electrons. The van der Waals surface area contributed by atoms with Gasteiger partial charge in [-0.1, -0.05) is 0 Å². The summed E-state index contributed by atoms with van der Waals surface area (Å²) in [6.07, 6.45) is 0. The van der Waals surface area contributed by atoms with Gasteiger partial charge < -0.3 is 14.7 Å². The maximum Gasteiger partial charge on any atom is 0.132 e. The Kier molecular flexibility index (Phi) is 3.14. The summed E-state index contributed by atoms with van der Waals surface area (Å²) >= 11 is 0. The number of aromatic nitrogens is 2. The number of hydrogen-bond acceptors (Lipinski definition) is 4. The van der Waals surface area contributed by atoms with E-state index in [9.17, 15) is 5.11 Å². The second kappa shape index (κ2) is 4.31. The fourth-order valence-electron chi connectivity index (χ4n) is 2.46. The third-order valence-electron chi connectivity index (χ3n) is 3.37. The van der Waals surface area contributed by atoms with Crippen molar-refractivity contribution in [3.8, 4) is 0 Å². The first-order valence-electron chi connectivity index (χ1n) is 5.96. The van der Waals surface area contributed by atoms with Crippen LogP contribution < -0.4 is 4.90 Å². The Morgan fingerprint density at radius 1 is 1.47 bits per heavy atom. The molecule has 1 N–H and O–H groups in total. The molecule has 5 heteroatoms. The molecule has 1 saturated heterocycles. The van der Waals surface area contributed by atoms with Crippen molar-refractivity contribution in [1.29, 1.82) is 0 Å². The highest BCUT2D eigenvalue weighted by Gasteiger charge is 2.34. The summed E-state index contributed by atoms with van der Waals surface area (Å²) in [4.78, 5) is 2.28. The first-order valence-corrected chi connectivity index (χ1v) is 5.96. The first-order chi connectivity index (χ1) is 7.97. The predicted octanol–water partition coefficient (Wildman–Crippen LogP) is 0.836. The average molecular weight is 239 g/mol. The zero-order valence-electron chi connectivity index (χ0n) is 11.0. The lowest BCUT2D eigenvalue weighted by molar-refractivity contribution is 0.0632. The number of hydrogen-bond donors (Lipinski definition) is 1. The van der Waals surface area contributed by atoms with Crippen molar-refractivity contribution >= 4 is 5.82 Å². The summed E-state index contributed by atoms with van der Waals surface area (Å²) in [5, 5.41) is 13.9. The minimum atomic E-state index is -0.0671. The van der Waals surface area contributed by atoms with E-state index in [4.69, 9.17) is 4.74 Å². The number of morpholine rings is 1. The van der Waals surface area contributed by atoms with Crippen molar-refractivity contribution < 1.29 is 9.84 Å². The molecule has 0 atom stereocenters. The van der Waals surface area contributed by atoms with E-state index in [2.05, 4.69) is 23.8 Å². The molecule has 1 aliphatic heterocycles. The fraction of sp³-hybridized carbons (Fsp3) is 0.750. The number of rotatable bonds is 2. The van der Waals surface area contributed by atoms with Gasteiger partial charge in [0, 0.05) is 19.2 Å². The quantitative estimate of drug-likeness (QED) is 0.830. The van der Waals surface area contributed by atoms with E-state index in [-0.39, 0.29) is 12.1 Å². The van der Waals surface area contributed by atoms with Crippen molar-refractivity contribution in [3.63, 3.8) is 0 Å². The molecule has 0 bridgehead atoms. The van der Waals surface area contributed by atoms with Gasteiger partial charge in [-0.15, -0.1) is 0 Å². The Bertz CT molecular complexity index is 412. The van der Waals surface area contributed by atoms with Crippen LogP contribution in [0.5, 0.6) is 0 Å². The summed E-state index contributed by atoms with van der Waals surface area (Å²) < 4.78 is 7.38. The Labute approximate surface area is 102 Å². The minimum absolute atomic E-state index is 0.0302. The van der Waals surface area contributed by atoms with Crippen LogP contribution in [-0.4, -0.2) is 40.2 Å².